The lowest BCUT2D eigenvalue weighted by Crippen LogP contribution is -2.41. The van der Waals surface area contributed by atoms with Crippen LogP contribution in [0.2, 0.25) is 5.02 Å². The number of carbonyl (C=O) groups excluding carboxylic acids is 2. The van der Waals surface area contributed by atoms with Crippen molar-refractivity contribution in [2.24, 2.45) is 0 Å². The number of hydrogen-bond donors (Lipinski definition) is 1. The zero-order chi connectivity index (χ0) is 20.1. The number of halogens is 3. The van der Waals surface area contributed by atoms with Crippen molar-refractivity contribution in [1.29, 1.82) is 0 Å². The minimum atomic E-state index is -1.44. The number of nitrogens with one attached hydrogen (secondary N) is 1. The van der Waals surface area contributed by atoms with Gasteiger partial charge in [-0.25, -0.2) is 13.6 Å². The van der Waals surface area contributed by atoms with E-state index in [9.17, 15) is 18.4 Å². The lowest BCUT2D eigenvalue weighted by atomic mass is 9.92. The lowest BCUT2D eigenvalue weighted by Gasteiger charge is -2.23. The van der Waals surface area contributed by atoms with Gasteiger partial charge in [0.2, 0.25) is 0 Å². The molecule has 0 bridgehead atoms. The Morgan fingerprint density at radius 3 is 2.71 bits per heavy atom. The van der Waals surface area contributed by atoms with Crippen LogP contribution in [0, 0.1) is 11.6 Å². The zero-order valence-corrected chi connectivity index (χ0v) is 15.4. The summed E-state index contributed by atoms with van der Waals surface area (Å²) in [6.45, 7) is 1.42. The summed E-state index contributed by atoms with van der Waals surface area (Å²) in [5, 5.41) is 2.96. The minimum Gasteiger partial charge on any atom is -0.319 e. The topological polar surface area (TPSA) is 62.3 Å². The number of rotatable bonds is 3. The Kier molecular flexibility index (Phi) is 4.27. The van der Waals surface area contributed by atoms with Gasteiger partial charge in [-0.2, -0.15) is 0 Å². The van der Waals surface area contributed by atoms with Gasteiger partial charge in [0.25, 0.3) is 5.91 Å². The summed E-state index contributed by atoms with van der Waals surface area (Å²) in [6, 6.07) is 8.95. The molecule has 1 N–H and O–H groups in total. The first kappa shape index (κ1) is 18.3. The molecule has 0 radical (unpaired) electrons. The molecule has 8 heteroatoms. The second kappa shape index (κ2) is 6.53. The van der Waals surface area contributed by atoms with Crippen molar-refractivity contribution in [2.75, 3.05) is 0 Å². The van der Waals surface area contributed by atoms with Crippen LogP contribution in [0.3, 0.4) is 0 Å². The van der Waals surface area contributed by atoms with E-state index in [2.05, 4.69) is 10.3 Å². The van der Waals surface area contributed by atoms with Crippen molar-refractivity contribution in [3.05, 3.63) is 76.4 Å². The minimum absolute atomic E-state index is 0.0342. The molecule has 1 saturated heterocycles. The maximum atomic E-state index is 14.0. The summed E-state index contributed by atoms with van der Waals surface area (Å²) in [6.07, 6.45) is 1.51. The van der Waals surface area contributed by atoms with Crippen molar-refractivity contribution in [3.63, 3.8) is 0 Å². The highest BCUT2D eigenvalue weighted by Crippen LogP contribution is 2.35. The van der Waals surface area contributed by atoms with E-state index in [1.807, 2.05) is 0 Å². The van der Waals surface area contributed by atoms with Crippen LogP contribution in [0.15, 0.2) is 48.7 Å². The summed E-state index contributed by atoms with van der Waals surface area (Å²) in [5.74, 6) is -1.53. The van der Waals surface area contributed by atoms with Crippen molar-refractivity contribution in [1.82, 2.24) is 15.2 Å². The van der Waals surface area contributed by atoms with E-state index < -0.39 is 29.1 Å². The summed E-state index contributed by atoms with van der Waals surface area (Å²) >= 11 is 6.10. The number of imide groups is 1. The molecule has 0 saturated carbocycles. The van der Waals surface area contributed by atoms with Gasteiger partial charge >= 0.3 is 6.03 Å². The molecule has 4 rings (SSSR count). The fourth-order valence-electron chi connectivity index (χ4n) is 3.41. The third-order valence-electron chi connectivity index (χ3n) is 4.87. The van der Waals surface area contributed by atoms with Gasteiger partial charge in [0.05, 0.1) is 12.1 Å². The van der Waals surface area contributed by atoms with Crippen molar-refractivity contribution in [2.45, 2.75) is 19.0 Å². The number of aromatic nitrogens is 1. The predicted octanol–water partition coefficient (Wildman–Crippen LogP) is 4.13. The lowest BCUT2D eigenvalue weighted by molar-refractivity contribution is -0.131. The van der Waals surface area contributed by atoms with Crippen molar-refractivity contribution < 1.29 is 18.4 Å². The third-order valence-corrected chi connectivity index (χ3v) is 5.19. The van der Waals surface area contributed by atoms with Crippen LogP contribution < -0.4 is 5.32 Å². The molecular weight excluding hydrogens is 388 g/mol. The predicted molar refractivity (Wildman–Crippen MR) is 99.5 cm³/mol. The Hall–Kier alpha value is -3.06. The Bertz CT molecular complexity index is 1140. The van der Waals surface area contributed by atoms with Gasteiger partial charge in [-0.15, -0.1) is 0 Å². The van der Waals surface area contributed by atoms with Gasteiger partial charge < -0.3 is 5.32 Å². The molecule has 0 aliphatic carbocycles. The molecule has 3 amide bonds. The van der Waals surface area contributed by atoms with Crippen molar-refractivity contribution in [3.8, 4) is 0 Å². The fraction of sp³-hybridized carbons (Fsp3) is 0.150. The molecule has 3 aromatic rings. The Labute approximate surface area is 163 Å². The van der Waals surface area contributed by atoms with Gasteiger partial charge in [-0.3, -0.25) is 14.7 Å². The molecule has 0 spiro atoms. The second-order valence-electron chi connectivity index (χ2n) is 6.68. The zero-order valence-electron chi connectivity index (χ0n) is 14.7. The Balaban J connectivity index is 1.72. The summed E-state index contributed by atoms with van der Waals surface area (Å²) in [5.41, 5.74) is -0.254. The van der Waals surface area contributed by atoms with E-state index in [1.54, 1.807) is 12.1 Å². The largest absolute Gasteiger partial charge is 0.325 e. The normalized spacial score (nSPS) is 19.4. The van der Waals surface area contributed by atoms with Crippen LogP contribution in [0.4, 0.5) is 13.6 Å². The highest BCUT2D eigenvalue weighted by atomic mass is 35.5. The van der Waals surface area contributed by atoms with E-state index in [0.29, 0.717) is 22.0 Å². The third kappa shape index (κ3) is 2.79. The Morgan fingerprint density at radius 2 is 1.96 bits per heavy atom. The highest BCUT2D eigenvalue weighted by Gasteiger charge is 2.50. The molecule has 2 heterocycles. The average Bonchev–Trinajstić information content (AvgIpc) is 2.87. The smallest absolute Gasteiger partial charge is 0.319 e. The molecule has 1 fully saturated rings. The van der Waals surface area contributed by atoms with E-state index >= 15 is 0 Å². The van der Waals surface area contributed by atoms with Gasteiger partial charge in [0, 0.05) is 22.2 Å². The van der Waals surface area contributed by atoms with Crippen LogP contribution in [0.5, 0.6) is 0 Å². The van der Waals surface area contributed by atoms with Gasteiger partial charge in [0.15, 0.2) is 0 Å². The molecular formula is C20H14ClF2N3O2. The van der Waals surface area contributed by atoms with Crippen LogP contribution in [0.25, 0.3) is 10.9 Å². The molecule has 1 unspecified atom stereocenters. The number of amides is 3. The SMILES string of the molecule is CC1(c2ccc(F)cc2Cl)NC(=O)N(Cc2ccc(F)c3cccnc23)C1=O. The average molecular weight is 402 g/mol. The number of fused-ring (bicyclic) bond motifs is 1. The fourth-order valence-corrected chi connectivity index (χ4v) is 3.77. The molecule has 1 aromatic heterocycles. The summed E-state index contributed by atoms with van der Waals surface area (Å²) < 4.78 is 27.4. The molecule has 1 atom stereocenters. The van der Waals surface area contributed by atoms with Gasteiger partial charge in [-0.05, 0) is 42.8 Å². The first-order chi connectivity index (χ1) is 13.3. The monoisotopic (exact) mass is 401 g/mol. The number of nitrogens with zero attached hydrogens (tertiary/aromatic N) is 2. The van der Waals surface area contributed by atoms with Crippen LogP contribution >= 0.6 is 11.6 Å². The number of urea groups is 1. The molecule has 1 aliphatic rings. The van der Waals surface area contributed by atoms with E-state index in [-0.39, 0.29) is 11.6 Å². The molecule has 2 aromatic carbocycles. The van der Waals surface area contributed by atoms with E-state index in [1.165, 1.54) is 37.4 Å². The molecule has 5 nitrogen and oxygen atoms in total. The molecule has 1 aliphatic heterocycles. The number of hydrogen-bond acceptors (Lipinski definition) is 3. The first-order valence-corrected chi connectivity index (χ1v) is 8.81. The second-order valence-corrected chi connectivity index (χ2v) is 7.08. The maximum absolute atomic E-state index is 14.0. The van der Waals surface area contributed by atoms with Gasteiger partial charge in [-0.1, -0.05) is 23.7 Å². The van der Waals surface area contributed by atoms with Crippen LogP contribution in [-0.4, -0.2) is 21.8 Å². The summed E-state index contributed by atoms with van der Waals surface area (Å²) in [7, 11) is 0. The summed E-state index contributed by atoms with van der Waals surface area (Å²) in [4.78, 5) is 30.8. The van der Waals surface area contributed by atoms with E-state index in [4.69, 9.17) is 11.6 Å². The first-order valence-electron chi connectivity index (χ1n) is 8.43. The quantitative estimate of drug-likeness (QED) is 0.671. The van der Waals surface area contributed by atoms with Crippen molar-refractivity contribution >= 4 is 34.4 Å². The molecule has 142 valence electrons. The molecule has 28 heavy (non-hydrogen) atoms. The van der Waals surface area contributed by atoms with Gasteiger partial charge in [0.1, 0.15) is 17.2 Å². The van der Waals surface area contributed by atoms with Crippen LogP contribution in [0.1, 0.15) is 18.1 Å². The number of pyridine rings is 1. The number of benzene rings is 2. The highest BCUT2D eigenvalue weighted by molar-refractivity contribution is 6.32. The maximum Gasteiger partial charge on any atom is 0.325 e. The van der Waals surface area contributed by atoms with E-state index in [0.717, 1.165) is 11.0 Å². The van der Waals surface area contributed by atoms with Crippen LogP contribution in [-0.2, 0) is 16.9 Å². The Morgan fingerprint density at radius 1 is 1.18 bits per heavy atom. The standard InChI is InChI=1S/C20H14ClF2N3O2/c1-20(14-6-5-12(22)9-15(14)21)18(27)26(19(28)25-20)10-11-4-7-16(23)13-3-2-8-24-17(11)13/h2-9H,10H2,1H3,(H,25,28). The number of carbonyl (C=O) groups is 2.